The van der Waals surface area contributed by atoms with Crippen molar-refractivity contribution in [2.75, 3.05) is 34.8 Å². The predicted octanol–water partition coefficient (Wildman–Crippen LogP) is 6.05. The zero-order valence-corrected chi connectivity index (χ0v) is 21.2. The molecule has 6 heteroatoms. The van der Waals surface area contributed by atoms with Crippen molar-refractivity contribution >= 4 is 29.0 Å². The number of anilines is 4. The van der Waals surface area contributed by atoms with E-state index in [2.05, 4.69) is 65.3 Å². The Balaban J connectivity index is 1.53. The number of carbonyl (C=O) groups excluding carboxylic acids is 1. The van der Waals surface area contributed by atoms with Crippen LogP contribution in [0.4, 0.5) is 23.1 Å². The van der Waals surface area contributed by atoms with E-state index in [4.69, 9.17) is 9.97 Å². The molecular weight excluding hydrogens is 434 g/mol. The Bertz CT molecular complexity index is 1190. The SMILES string of the molecule is CCN(c1ccc(-c2ccccc2)cc1)c1ncc2c(n1)N(C1CCCC1)CC(C)(C)C(=O)N2C. The summed E-state index contributed by atoms with van der Waals surface area (Å²) in [5, 5.41) is 0. The zero-order valence-electron chi connectivity index (χ0n) is 21.2. The summed E-state index contributed by atoms with van der Waals surface area (Å²) in [5.74, 6) is 1.66. The average Bonchev–Trinajstić information content (AvgIpc) is 3.40. The normalized spacial score (nSPS) is 17.9. The summed E-state index contributed by atoms with van der Waals surface area (Å²) >= 11 is 0. The van der Waals surface area contributed by atoms with E-state index in [1.54, 1.807) is 4.90 Å². The van der Waals surface area contributed by atoms with Crippen LogP contribution in [-0.4, -0.2) is 42.1 Å². The molecule has 0 unspecified atom stereocenters. The second kappa shape index (κ2) is 9.33. The Hall–Kier alpha value is -3.41. The summed E-state index contributed by atoms with van der Waals surface area (Å²) in [4.78, 5) is 29.4. The molecule has 0 atom stereocenters. The molecule has 182 valence electrons. The molecule has 1 amide bonds. The van der Waals surface area contributed by atoms with E-state index in [0.29, 0.717) is 18.5 Å². The molecule has 1 saturated carbocycles. The minimum atomic E-state index is -0.490. The van der Waals surface area contributed by atoms with E-state index >= 15 is 0 Å². The maximum atomic E-state index is 13.3. The molecule has 35 heavy (non-hydrogen) atoms. The van der Waals surface area contributed by atoms with Gasteiger partial charge in [-0.15, -0.1) is 0 Å². The molecule has 2 aromatic carbocycles. The van der Waals surface area contributed by atoms with Crippen LogP contribution in [-0.2, 0) is 4.79 Å². The van der Waals surface area contributed by atoms with E-state index in [9.17, 15) is 4.79 Å². The molecule has 6 nitrogen and oxygen atoms in total. The van der Waals surface area contributed by atoms with E-state index < -0.39 is 5.41 Å². The zero-order chi connectivity index (χ0) is 24.6. The molecule has 0 N–H and O–H groups in total. The molecular formula is C29H35N5O. The van der Waals surface area contributed by atoms with Crippen molar-refractivity contribution in [1.29, 1.82) is 0 Å². The van der Waals surface area contributed by atoms with Gasteiger partial charge in [0.05, 0.1) is 11.6 Å². The smallest absolute Gasteiger partial charge is 0.234 e. The maximum Gasteiger partial charge on any atom is 0.234 e. The van der Waals surface area contributed by atoms with Gasteiger partial charge in [-0.1, -0.05) is 55.3 Å². The summed E-state index contributed by atoms with van der Waals surface area (Å²) in [6, 6.07) is 19.4. The van der Waals surface area contributed by atoms with Crippen LogP contribution in [0.5, 0.6) is 0 Å². The molecule has 1 fully saturated rings. The van der Waals surface area contributed by atoms with Gasteiger partial charge in [-0.2, -0.15) is 4.98 Å². The fourth-order valence-electron chi connectivity index (χ4n) is 5.49. The first-order valence-electron chi connectivity index (χ1n) is 12.7. The lowest BCUT2D eigenvalue weighted by atomic mass is 9.91. The van der Waals surface area contributed by atoms with Gasteiger partial charge in [-0.05, 0) is 56.9 Å². The van der Waals surface area contributed by atoms with Crippen molar-refractivity contribution < 1.29 is 4.79 Å². The largest absolute Gasteiger partial charge is 0.351 e. The van der Waals surface area contributed by atoms with Gasteiger partial charge in [0.1, 0.15) is 5.69 Å². The maximum absolute atomic E-state index is 13.3. The highest BCUT2D eigenvalue weighted by Crippen LogP contribution is 2.41. The van der Waals surface area contributed by atoms with Crippen molar-refractivity contribution in [3.8, 4) is 11.1 Å². The van der Waals surface area contributed by atoms with Crippen LogP contribution < -0.4 is 14.7 Å². The first-order chi connectivity index (χ1) is 16.9. The highest BCUT2D eigenvalue weighted by Gasteiger charge is 2.41. The number of fused-ring (bicyclic) bond motifs is 1. The minimum Gasteiger partial charge on any atom is -0.351 e. The summed E-state index contributed by atoms with van der Waals surface area (Å²) in [6.45, 7) is 7.62. The van der Waals surface area contributed by atoms with Gasteiger partial charge in [0.15, 0.2) is 5.82 Å². The van der Waals surface area contributed by atoms with Crippen molar-refractivity contribution in [3.63, 3.8) is 0 Å². The van der Waals surface area contributed by atoms with Crippen LogP contribution in [0.3, 0.4) is 0 Å². The first-order valence-corrected chi connectivity index (χ1v) is 12.7. The standard InChI is InChI=1S/C29H35N5O/c1-5-33(24-17-15-22(16-18-24)21-11-7-6-8-12-21)28-30-19-25-26(31-28)34(23-13-9-10-14-23)20-29(2,3)27(35)32(25)4/h6-8,11-12,15-19,23H,5,9-10,13-14,20H2,1-4H3. The Morgan fingerprint density at radius 3 is 2.31 bits per heavy atom. The summed E-state index contributed by atoms with van der Waals surface area (Å²) < 4.78 is 0. The molecule has 0 radical (unpaired) electrons. The lowest BCUT2D eigenvalue weighted by Gasteiger charge is -2.34. The number of carbonyl (C=O) groups is 1. The Labute approximate surface area is 208 Å². The quantitative estimate of drug-likeness (QED) is 0.455. The van der Waals surface area contributed by atoms with Crippen LogP contribution in [0.2, 0.25) is 0 Å². The third-order valence-corrected chi connectivity index (χ3v) is 7.43. The summed E-state index contributed by atoms with van der Waals surface area (Å²) in [7, 11) is 1.85. The Kier molecular flexibility index (Phi) is 6.22. The van der Waals surface area contributed by atoms with Crippen LogP contribution in [0, 0.1) is 5.41 Å². The van der Waals surface area contributed by atoms with Gasteiger partial charge >= 0.3 is 0 Å². The Morgan fingerprint density at radius 2 is 1.66 bits per heavy atom. The molecule has 0 bridgehead atoms. The number of rotatable bonds is 5. The van der Waals surface area contributed by atoms with Crippen LogP contribution >= 0.6 is 0 Å². The number of aromatic nitrogens is 2. The van der Waals surface area contributed by atoms with Gasteiger partial charge < -0.3 is 14.7 Å². The van der Waals surface area contributed by atoms with Crippen molar-refractivity contribution in [2.45, 2.75) is 52.5 Å². The van der Waals surface area contributed by atoms with Gasteiger partial charge in [-0.25, -0.2) is 4.98 Å². The van der Waals surface area contributed by atoms with E-state index in [-0.39, 0.29) is 5.91 Å². The average molecular weight is 470 g/mol. The van der Waals surface area contributed by atoms with E-state index in [1.165, 1.54) is 24.0 Å². The highest BCUT2D eigenvalue weighted by molar-refractivity contribution is 6.00. The number of amides is 1. The van der Waals surface area contributed by atoms with E-state index in [0.717, 1.165) is 36.6 Å². The van der Waals surface area contributed by atoms with Gasteiger partial charge in [0, 0.05) is 31.9 Å². The van der Waals surface area contributed by atoms with Crippen molar-refractivity contribution in [3.05, 3.63) is 60.8 Å². The summed E-state index contributed by atoms with van der Waals surface area (Å²) in [6.07, 6.45) is 6.58. The molecule has 0 spiro atoms. The van der Waals surface area contributed by atoms with Crippen LogP contribution in [0.25, 0.3) is 11.1 Å². The molecule has 1 aliphatic heterocycles. The topological polar surface area (TPSA) is 52.6 Å². The third kappa shape index (κ3) is 4.38. The number of benzene rings is 2. The number of hydrogen-bond donors (Lipinski definition) is 0. The first kappa shape index (κ1) is 23.3. The van der Waals surface area contributed by atoms with Crippen LogP contribution in [0.15, 0.2) is 60.8 Å². The van der Waals surface area contributed by atoms with Gasteiger partial charge in [-0.3, -0.25) is 4.79 Å². The Morgan fingerprint density at radius 1 is 1.00 bits per heavy atom. The number of hydrogen-bond acceptors (Lipinski definition) is 5. The van der Waals surface area contributed by atoms with Gasteiger partial charge in [0.25, 0.3) is 0 Å². The minimum absolute atomic E-state index is 0.111. The molecule has 1 aromatic heterocycles. The second-order valence-electron chi connectivity index (χ2n) is 10.4. The molecule has 2 heterocycles. The highest BCUT2D eigenvalue weighted by atomic mass is 16.2. The van der Waals surface area contributed by atoms with E-state index in [1.807, 2.05) is 33.2 Å². The molecule has 1 aliphatic carbocycles. The molecule has 3 aromatic rings. The monoisotopic (exact) mass is 469 g/mol. The van der Waals surface area contributed by atoms with Crippen LogP contribution in [0.1, 0.15) is 46.5 Å². The van der Waals surface area contributed by atoms with Gasteiger partial charge in [0.2, 0.25) is 11.9 Å². The second-order valence-corrected chi connectivity index (χ2v) is 10.4. The molecule has 0 saturated heterocycles. The summed E-state index contributed by atoms with van der Waals surface area (Å²) in [5.41, 5.74) is 3.74. The lowest BCUT2D eigenvalue weighted by molar-refractivity contribution is -0.125. The predicted molar refractivity (Wildman–Crippen MR) is 143 cm³/mol. The molecule has 2 aliphatic rings. The fourth-order valence-corrected chi connectivity index (χ4v) is 5.49. The molecule has 5 rings (SSSR count). The third-order valence-electron chi connectivity index (χ3n) is 7.43. The van der Waals surface area contributed by atoms with Crippen molar-refractivity contribution in [2.24, 2.45) is 5.41 Å². The van der Waals surface area contributed by atoms with Crippen molar-refractivity contribution in [1.82, 2.24) is 9.97 Å². The number of nitrogens with zero attached hydrogens (tertiary/aromatic N) is 5. The lowest BCUT2D eigenvalue weighted by Crippen LogP contribution is -2.45. The fraction of sp³-hybridized carbons (Fsp3) is 0.414.